The number of primary amides is 1. The summed E-state index contributed by atoms with van der Waals surface area (Å²) in [5, 5.41) is 3.11. The van der Waals surface area contributed by atoms with Gasteiger partial charge in [0.25, 0.3) is 5.91 Å². The SMILES string of the molecule is C[C@H](NC(=O)N1CCN(c2ncccc2C(N)=O)CC1)C1=CCCCC1. The number of anilines is 1. The van der Waals surface area contributed by atoms with Crippen LogP contribution >= 0.6 is 0 Å². The van der Waals surface area contributed by atoms with Gasteiger partial charge in [-0.3, -0.25) is 4.79 Å². The molecule has 0 unspecified atom stereocenters. The van der Waals surface area contributed by atoms with Gasteiger partial charge in [0.2, 0.25) is 0 Å². The number of nitrogens with one attached hydrogen (secondary N) is 1. The number of carbonyl (C=O) groups is 2. The Morgan fingerprint density at radius 3 is 2.65 bits per heavy atom. The first-order valence-corrected chi connectivity index (χ1v) is 9.30. The quantitative estimate of drug-likeness (QED) is 0.805. The second-order valence-electron chi connectivity index (χ2n) is 6.91. The zero-order valence-electron chi connectivity index (χ0n) is 15.3. The van der Waals surface area contributed by atoms with Gasteiger partial charge >= 0.3 is 6.03 Å². The van der Waals surface area contributed by atoms with Crippen molar-refractivity contribution < 1.29 is 9.59 Å². The fourth-order valence-corrected chi connectivity index (χ4v) is 3.59. The molecule has 3 rings (SSSR count). The molecule has 0 saturated carbocycles. The summed E-state index contributed by atoms with van der Waals surface area (Å²) in [5.74, 6) is 0.114. The van der Waals surface area contributed by atoms with E-state index < -0.39 is 5.91 Å². The van der Waals surface area contributed by atoms with E-state index in [1.165, 1.54) is 18.4 Å². The summed E-state index contributed by atoms with van der Waals surface area (Å²) in [7, 11) is 0. The Morgan fingerprint density at radius 1 is 1.23 bits per heavy atom. The number of allylic oxidation sites excluding steroid dienone is 1. The number of hydrogen-bond donors (Lipinski definition) is 2. The van der Waals surface area contributed by atoms with Gasteiger partial charge in [0, 0.05) is 38.4 Å². The number of aromatic nitrogens is 1. The Morgan fingerprint density at radius 2 is 2.00 bits per heavy atom. The number of rotatable bonds is 4. The van der Waals surface area contributed by atoms with Crippen molar-refractivity contribution in [3.8, 4) is 0 Å². The topological polar surface area (TPSA) is 91.6 Å². The van der Waals surface area contributed by atoms with E-state index in [0.717, 1.165) is 12.8 Å². The van der Waals surface area contributed by atoms with E-state index in [1.54, 1.807) is 18.3 Å². The van der Waals surface area contributed by atoms with Crippen LogP contribution in [0.25, 0.3) is 0 Å². The zero-order valence-corrected chi connectivity index (χ0v) is 15.3. The molecule has 1 atom stereocenters. The molecule has 1 saturated heterocycles. The van der Waals surface area contributed by atoms with Gasteiger partial charge in [-0.05, 0) is 44.7 Å². The van der Waals surface area contributed by atoms with E-state index in [0.29, 0.717) is 37.6 Å². The van der Waals surface area contributed by atoms with Gasteiger partial charge in [-0.1, -0.05) is 11.6 Å². The molecule has 2 heterocycles. The van der Waals surface area contributed by atoms with E-state index in [4.69, 9.17) is 5.73 Å². The van der Waals surface area contributed by atoms with Crippen molar-refractivity contribution in [3.63, 3.8) is 0 Å². The van der Waals surface area contributed by atoms with Gasteiger partial charge in [0.1, 0.15) is 5.82 Å². The molecule has 26 heavy (non-hydrogen) atoms. The number of hydrogen-bond acceptors (Lipinski definition) is 4. The Hall–Kier alpha value is -2.57. The van der Waals surface area contributed by atoms with E-state index in [1.807, 2.05) is 9.80 Å². The fraction of sp³-hybridized carbons (Fsp3) is 0.526. The van der Waals surface area contributed by atoms with E-state index in [9.17, 15) is 9.59 Å². The van der Waals surface area contributed by atoms with Crippen LogP contribution in [0.1, 0.15) is 43.0 Å². The van der Waals surface area contributed by atoms with Gasteiger partial charge in [0.05, 0.1) is 5.56 Å². The Balaban J connectivity index is 1.56. The van der Waals surface area contributed by atoms with E-state index >= 15 is 0 Å². The van der Waals surface area contributed by atoms with Crippen LogP contribution in [0.3, 0.4) is 0 Å². The van der Waals surface area contributed by atoms with Crippen LogP contribution in [0.2, 0.25) is 0 Å². The molecular formula is C19H27N5O2. The molecule has 0 aromatic carbocycles. The summed E-state index contributed by atoms with van der Waals surface area (Å²) in [4.78, 5) is 32.3. The first-order chi connectivity index (χ1) is 12.6. The van der Waals surface area contributed by atoms with Crippen molar-refractivity contribution in [1.29, 1.82) is 0 Å². The third-order valence-electron chi connectivity index (χ3n) is 5.14. The second-order valence-corrected chi connectivity index (χ2v) is 6.91. The number of urea groups is 1. The first-order valence-electron chi connectivity index (χ1n) is 9.30. The van der Waals surface area contributed by atoms with Crippen LogP contribution in [0, 0.1) is 0 Å². The molecule has 1 aromatic rings. The predicted octanol–water partition coefficient (Wildman–Crippen LogP) is 1.90. The molecule has 1 fully saturated rings. The van der Waals surface area contributed by atoms with Crippen molar-refractivity contribution in [3.05, 3.63) is 35.5 Å². The summed E-state index contributed by atoms with van der Waals surface area (Å²) in [6, 6.07) is 3.44. The van der Waals surface area contributed by atoms with Crippen LogP contribution in [0.15, 0.2) is 30.0 Å². The van der Waals surface area contributed by atoms with Gasteiger partial charge in [0.15, 0.2) is 0 Å². The number of carbonyl (C=O) groups excluding carboxylic acids is 2. The summed E-state index contributed by atoms with van der Waals surface area (Å²) in [5.41, 5.74) is 7.19. The number of nitrogens with two attached hydrogens (primary N) is 1. The molecule has 3 N–H and O–H groups in total. The van der Waals surface area contributed by atoms with Crippen molar-refractivity contribution >= 4 is 17.8 Å². The van der Waals surface area contributed by atoms with Crippen LogP contribution in [0.4, 0.5) is 10.6 Å². The molecule has 0 bridgehead atoms. The molecule has 3 amide bonds. The number of pyridine rings is 1. The average molecular weight is 357 g/mol. The minimum Gasteiger partial charge on any atom is -0.365 e. The summed E-state index contributed by atoms with van der Waals surface area (Å²) in [6.07, 6.45) is 8.55. The number of nitrogens with zero attached hydrogens (tertiary/aromatic N) is 3. The fourth-order valence-electron chi connectivity index (χ4n) is 3.59. The molecular weight excluding hydrogens is 330 g/mol. The van der Waals surface area contributed by atoms with Gasteiger partial charge in [-0.25, -0.2) is 9.78 Å². The smallest absolute Gasteiger partial charge is 0.317 e. The van der Waals surface area contributed by atoms with Crippen LogP contribution in [-0.2, 0) is 0 Å². The summed E-state index contributed by atoms with van der Waals surface area (Å²) in [6.45, 7) is 4.49. The molecule has 1 aromatic heterocycles. The Bertz CT molecular complexity index is 695. The van der Waals surface area contributed by atoms with Crippen molar-refractivity contribution in [2.75, 3.05) is 31.1 Å². The number of amides is 3. The molecule has 7 heteroatoms. The lowest BCUT2D eigenvalue weighted by Crippen LogP contribution is -2.53. The lowest BCUT2D eigenvalue weighted by molar-refractivity contribution is 0.1000. The highest BCUT2D eigenvalue weighted by molar-refractivity contribution is 5.97. The largest absolute Gasteiger partial charge is 0.365 e. The van der Waals surface area contributed by atoms with E-state index in [-0.39, 0.29) is 12.1 Å². The third kappa shape index (κ3) is 4.15. The van der Waals surface area contributed by atoms with Crippen LogP contribution in [0.5, 0.6) is 0 Å². The molecule has 1 aliphatic carbocycles. The van der Waals surface area contributed by atoms with Crippen LogP contribution < -0.4 is 16.0 Å². The molecule has 1 aliphatic heterocycles. The lowest BCUT2D eigenvalue weighted by atomic mass is 9.95. The minimum atomic E-state index is -0.483. The predicted molar refractivity (Wildman–Crippen MR) is 101 cm³/mol. The third-order valence-corrected chi connectivity index (χ3v) is 5.14. The standard InChI is InChI=1S/C19H27N5O2/c1-14(15-6-3-2-4-7-15)22-19(26)24-12-10-23(11-13-24)18-16(17(20)25)8-5-9-21-18/h5-6,8-9,14H,2-4,7,10-13H2,1H3,(H2,20,25)(H,22,26)/t14-/m0/s1. The average Bonchev–Trinajstić information content (AvgIpc) is 2.68. The highest BCUT2D eigenvalue weighted by atomic mass is 16.2. The molecule has 0 spiro atoms. The summed E-state index contributed by atoms with van der Waals surface area (Å²) >= 11 is 0. The maximum atomic E-state index is 12.5. The van der Waals surface area contributed by atoms with Crippen LogP contribution in [-0.4, -0.2) is 54.0 Å². The van der Waals surface area contributed by atoms with Crippen molar-refractivity contribution in [2.24, 2.45) is 5.73 Å². The molecule has 0 radical (unpaired) electrons. The Kier molecular flexibility index (Phi) is 5.75. The second kappa shape index (κ2) is 8.21. The monoisotopic (exact) mass is 357 g/mol. The molecule has 7 nitrogen and oxygen atoms in total. The molecule has 2 aliphatic rings. The maximum Gasteiger partial charge on any atom is 0.317 e. The van der Waals surface area contributed by atoms with Crippen molar-refractivity contribution in [2.45, 2.75) is 38.6 Å². The normalized spacial score (nSPS) is 18.9. The minimum absolute atomic E-state index is 0.0280. The highest BCUT2D eigenvalue weighted by Gasteiger charge is 2.25. The highest BCUT2D eigenvalue weighted by Crippen LogP contribution is 2.21. The van der Waals surface area contributed by atoms with Gasteiger partial charge in [-0.2, -0.15) is 0 Å². The van der Waals surface area contributed by atoms with Gasteiger partial charge < -0.3 is 20.9 Å². The number of piperazine rings is 1. The lowest BCUT2D eigenvalue weighted by Gasteiger charge is -2.36. The first kappa shape index (κ1) is 18.2. The zero-order chi connectivity index (χ0) is 18.5. The molecule has 140 valence electrons. The van der Waals surface area contributed by atoms with E-state index in [2.05, 4.69) is 23.3 Å². The van der Waals surface area contributed by atoms with Gasteiger partial charge in [-0.15, -0.1) is 0 Å². The maximum absolute atomic E-state index is 12.5. The summed E-state index contributed by atoms with van der Waals surface area (Å²) < 4.78 is 0. The Labute approximate surface area is 154 Å². The van der Waals surface area contributed by atoms with Crippen molar-refractivity contribution in [1.82, 2.24) is 15.2 Å².